The van der Waals surface area contributed by atoms with Crippen LogP contribution in [0, 0.1) is 17.2 Å². The standard InChI is InChI=1S/C15H20N2O2S/c1-11(2)15(3,19)10-17-14(18)12-5-4-6-13(9-12)20-8-7-16/h4-6,9,11,19H,8,10H2,1-3H3,(H,17,18). The van der Waals surface area contributed by atoms with Crippen molar-refractivity contribution < 1.29 is 9.90 Å². The molecule has 0 fully saturated rings. The summed E-state index contributed by atoms with van der Waals surface area (Å²) in [6, 6.07) is 9.17. The summed E-state index contributed by atoms with van der Waals surface area (Å²) in [6.07, 6.45) is 0. The van der Waals surface area contributed by atoms with Gasteiger partial charge < -0.3 is 10.4 Å². The number of aliphatic hydroxyl groups is 1. The van der Waals surface area contributed by atoms with Crippen molar-refractivity contribution in [3.8, 4) is 6.07 Å². The number of hydrogen-bond donors (Lipinski definition) is 2. The van der Waals surface area contributed by atoms with E-state index in [0.717, 1.165) is 4.90 Å². The van der Waals surface area contributed by atoms with Gasteiger partial charge in [-0.05, 0) is 31.0 Å². The Balaban J connectivity index is 2.66. The molecule has 0 saturated heterocycles. The predicted molar refractivity (Wildman–Crippen MR) is 80.6 cm³/mol. The number of benzene rings is 1. The summed E-state index contributed by atoms with van der Waals surface area (Å²) < 4.78 is 0. The lowest BCUT2D eigenvalue weighted by molar-refractivity contribution is 0.0142. The van der Waals surface area contributed by atoms with Gasteiger partial charge in [0.25, 0.3) is 5.91 Å². The van der Waals surface area contributed by atoms with Gasteiger partial charge in [0.15, 0.2) is 0 Å². The summed E-state index contributed by atoms with van der Waals surface area (Å²) >= 11 is 1.39. The summed E-state index contributed by atoms with van der Waals surface area (Å²) in [5.74, 6) is 0.193. The molecule has 0 aromatic heterocycles. The van der Waals surface area contributed by atoms with Crippen molar-refractivity contribution in [2.75, 3.05) is 12.3 Å². The van der Waals surface area contributed by atoms with Crippen LogP contribution >= 0.6 is 11.8 Å². The Labute approximate surface area is 124 Å². The Kier molecular flexibility index (Phi) is 6.05. The van der Waals surface area contributed by atoms with E-state index in [9.17, 15) is 9.90 Å². The molecule has 1 aromatic carbocycles. The molecule has 0 radical (unpaired) electrons. The fraction of sp³-hybridized carbons (Fsp3) is 0.467. The maximum absolute atomic E-state index is 12.0. The lowest BCUT2D eigenvalue weighted by Gasteiger charge is -2.27. The van der Waals surface area contributed by atoms with Gasteiger partial charge in [-0.25, -0.2) is 0 Å². The van der Waals surface area contributed by atoms with E-state index in [1.807, 2.05) is 19.9 Å². The van der Waals surface area contributed by atoms with E-state index in [2.05, 4.69) is 11.4 Å². The van der Waals surface area contributed by atoms with Crippen LogP contribution in [0.1, 0.15) is 31.1 Å². The molecule has 1 amide bonds. The highest BCUT2D eigenvalue weighted by molar-refractivity contribution is 7.99. The molecule has 5 heteroatoms. The van der Waals surface area contributed by atoms with Gasteiger partial charge in [0.05, 0.1) is 17.4 Å². The molecule has 1 rings (SSSR count). The van der Waals surface area contributed by atoms with Crippen molar-refractivity contribution in [2.45, 2.75) is 31.3 Å². The van der Waals surface area contributed by atoms with Crippen LogP contribution in [0.25, 0.3) is 0 Å². The molecule has 0 spiro atoms. The molecule has 4 nitrogen and oxygen atoms in total. The van der Waals surface area contributed by atoms with E-state index < -0.39 is 5.60 Å². The van der Waals surface area contributed by atoms with Crippen LogP contribution < -0.4 is 5.32 Å². The lowest BCUT2D eigenvalue weighted by atomic mass is 9.92. The van der Waals surface area contributed by atoms with Crippen molar-refractivity contribution in [3.05, 3.63) is 29.8 Å². The molecule has 1 aromatic rings. The number of nitrogens with zero attached hydrogens (tertiary/aromatic N) is 1. The first-order valence-corrected chi connectivity index (χ1v) is 7.46. The minimum absolute atomic E-state index is 0.0559. The number of nitrogens with one attached hydrogen (secondary N) is 1. The molecule has 0 aliphatic carbocycles. The minimum atomic E-state index is -0.928. The van der Waals surface area contributed by atoms with Gasteiger partial charge in [-0.1, -0.05) is 19.9 Å². The maximum atomic E-state index is 12.0. The quantitative estimate of drug-likeness (QED) is 0.790. The average Bonchev–Trinajstić information content (AvgIpc) is 2.42. The Morgan fingerprint density at radius 3 is 2.85 bits per heavy atom. The number of carbonyl (C=O) groups is 1. The molecule has 20 heavy (non-hydrogen) atoms. The average molecular weight is 292 g/mol. The molecule has 2 N–H and O–H groups in total. The number of nitriles is 1. The van der Waals surface area contributed by atoms with E-state index in [-0.39, 0.29) is 18.4 Å². The first kappa shape index (κ1) is 16.5. The normalized spacial score (nSPS) is 13.6. The zero-order chi connectivity index (χ0) is 15.2. The molecule has 0 heterocycles. The molecule has 0 saturated carbocycles. The third kappa shape index (κ3) is 4.87. The van der Waals surface area contributed by atoms with Crippen molar-refractivity contribution >= 4 is 17.7 Å². The summed E-state index contributed by atoms with van der Waals surface area (Å²) in [5.41, 5.74) is -0.393. The minimum Gasteiger partial charge on any atom is -0.388 e. The van der Waals surface area contributed by atoms with E-state index in [1.54, 1.807) is 25.1 Å². The monoisotopic (exact) mass is 292 g/mol. The van der Waals surface area contributed by atoms with Crippen LogP contribution in [0.4, 0.5) is 0 Å². The summed E-state index contributed by atoms with van der Waals surface area (Å²) in [7, 11) is 0. The number of hydrogen-bond acceptors (Lipinski definition) is 4. The Bertz CT molecular complexity index is 507. The molecule has 0 aliphatic rings. The topological polar surface area (TPSA) is 73.1 Å². The van der Waals surface area contributed by atoms with Crippen molar-refractivity contribution in [2.24, 2.45) is 5.92 Å². The Morgan fingerprint density at radius 1 is 1.55 bits per heavy atom. The summed E-state index contributed by atoms with van der Waals surface area (Å²) in [5, 5.41) is 21.4. The van der Waals surface area contributed by atoms with E-state index in [0.29, 0.717) is 11.3 Å². The second-order valence-corrected chi connectivity index (χ2v) is 6.22. The van der Waals surface area contributed by atoms with Crippen LogP contribution in [-0.4, -0.2) is 28.9 Å². The molecule has 1 unspecified atom stereocenters. The highest BCUT2D eigenvalue weighted by Crippen LogP contribution is 2.19. The Morgan fingerprint density at radius 2 is 2.25 bits per heavy atom. The van der Waals surface area contributed by atoms with Crippen molar-refractivity contribution in [1.82, 2.24) is 5.32 Å². The van der Waals surface area contributed by atoms with Crippen LogP contribution in [0.2, 0.25) is 0 Å². The molecule has 0 bridgehead atoms. The van der Waals surface area contributed by atoms with Gasteiger partial charge in [-0.3, -0.25) is 4.79 Å². The van der Waals surface area contributed by atoms with Gasteiger partial charge in [0.2, 0.25) is 0 Å². The summed E-state index contributed by atoms with van der Waals surface area (Å²) in [4.78, 5) is 12.9. The molecule has 0 aliphatic heterocycles. The van der Waals surface area contributed by atoms with Crippen LogP contribution in [0.15, 0.2) is 29.2 Å². The second-order valence-electron chi connectivity index (χ2n) is 5.17. The van der Waals surface area contributed by atoms with Crippen molar-refractivity contribution in [1.29, 1.82) is 5.26 Å². The smallest absolute Gasteiger partial charge is 0.251 e. The van der Waals surface area contributed by atoms with Gasteiger partial charge in [0.1, 0.15) is 0 Å². The van der Waals surface area contributed by atoms with Gasteiger partial charge in [0, 0.05) is 17.0 Å². The van der Waals surface area contributed by atoms with Gasteiger partial charge in [-0.2, -0.15) is 5.26 Å². The molecular formula is C15H20N2O2S. The highest BCUT2D eigenvalue weighted by Gasteiger charge is 2.25. The molecule has 108 valence electrons. The highest BCUT2D eigenvalue weighted by atomic mass is 32.2. The maximum Gasteiger partial charge on any atom is 0.251 e. The second kappa shape index (κ2) is 7.32. The number of carbonyl (C=O) groups excluding carboxylic acids is 1. The van der Waals surface area contributed by atoms with E-state index in [4.69, 9.17) is 5.26 Å². The third-order valence-electron chi connectivity index (χ3n) is 3.25. The first-order valence-electron chi connectivity index (χ1n) is 6.47. The fourth-order valence-corrected chi connectivity index (χ4v) is 2.02. The van der Waals surface area contributed by atoms with E-state index in [1.165, 1.54) is 11.8 Å². The fourth-order valence-electron chi connectivity index (χ4n) is 1.41. The first-order chi connectivity index (χ1) is 9.36. The largest absolute Gasteiger partial charge is 0.388 e. The zero-order valence-electron chi connectivity index (χ0n) is 12.0. The predicted octanol–water partition coefficient (Wildman–Crippen LogP) is 2.44. The van der Waals surface area contributed by atoms with Crippen LogP contribution in [0.3, 0.4) is 0 Å². The third-order valence-corrected chi connectivity index (χ3v) is 4.11. The van der Waals surface area contributed by atoms with Gasteiger partial charge >= 0.3 is 0 Å². The summed E-state index contributed by atoms with van der Waals surface area (Å²) in [6.45, 7) is 5.73. The van der Waals surface area contributed by atoms with Crippen LogP contribution in [0.5, 0.6) is 0 Å². The van der Waals surface area contributed by atoms with Gasteiger partial charge in [-0.15, -0.1) is 11.8 Å². The van der Waals surface area contributed by atoms with Crippen molar-refractivity contribution in [3.63, 3.8) is 0 Å². The number of rotatable bonds is 6. The molecular weight excluding hydrogens is 272 g/mol. The molecule has 1 atom stereocenters. The number of thioether (sulfide) groups is 1. The van der Waals surface area contributed by atoms with E-state index >= 15 is 0 Å². The SMILES string of the molecule is CC(C)C(C)(O)CNC(=O)c1cccc(SCC#N)c1. The number of amides is 1. The lowest BCUT2D eigenvalue weighted by Crippen LogP contribution is -2.44. The zero-order valence-corrected chi connectivity index (χ0v) is 12.8. The van der Waals surface area contributed by atoms with Crippen LogP contribution in [-0.2, 0) is 0 Å². The Hall–Kier alpha value is -1.51.